The lowest BCUT2D eigenvalue weighted by atomic mass is 9.97. The van der Waals surface area contributed by atoms with E-state index in [-0.39, 0.29) is 0 Å². The molecule has 364 valence electrons. The summed E-state index contributed by atoms with van der Waals surface area (Å²) in [4.78, 5) is 11.4. The molecule has 0 aliphatic carbocycles. The van der Waals surface area contributed by atoms with Crippen LogP contribution in [0.3, 0.4) is 0 Å². The molecule has 0 amide bonds. The van der Waals surface area contributed by atoms with Gasteiger partial charge in [-0.3, -0.25) is 0 Å². The van der Waals surface area contributed by atoms with Crippen LogP contribution >= 0.6 is 0 Å². The van der Waals surface area contributed by atoms with E-state index in [1.807, 2.05) is 0 Å². The highest BCUT2D eigenvalue weighted by Crippen LogP contribution is 2.44. The number of rotatable bonds is 6. The fourth-order valence-corrected chi connectivity index (χ4v) is 12.9. The molecule has 0 saturated heterocycles. The number of fused-ring (bicyclic) bond motifs is 15. The summed E-state index contributed by atoms with van der Waals surface area (Å²) in [5.41, 5.74) is 14.5. The van der Waals surface area contributed by atoms with Crippen molar-refractivity contribution >= 4 is 121 Å². The summed E-state index contributed by atoms with van der Waals surface area (Å²) in [6, 6.07) is 91.4. The smallest absolute Gasteiger partial charge is 0.160 e. The SMILES string of the molecule is c1ccc(-n2c3ccccc3c3c(C4=NC(c5cc6ccc(-n7c8ccccc8c8cc9ccccc9cc87)cc6c6c5oc5ccccc56)NC(c5cccc6c5c5ccccc5n6-c5ccccc5)=N4)cccc32)cc1. The van der Waals surface area contributed by atoms with Gasteiger partial charge in [-0.25, -0.2) is 9.98 Å². The van der Waals surface area contributed by atoms with Crippen molar-refractivity contribution in [2.75, 3.05) is 0 Å². The van der Waals surface area contributed by atoms with Gasteiger partial charge in [-0.2, -0.15) is 0 Å². The van der Waals surface area contributed by atoms with Crippen molar-refractivity contribution in [1.82, 2.24) is 19.0 Å². The van der Waals surface area contributed by atoms with E-state index < -0.39 is 6.17 Å². The number of amidine groups is 2. The zero-order chi connectivity index (χ0) is 51.0. The topological polar surface area (TPSA) is 64.7 Å². The molecule has 78 heavy (non-hydrogen) atoms. The van der Waals surface area contributed by atoms with E-state index in [1.165, 1.54) is 27.1 Å². The second-order valence-electron chi connectivity index (χ2n) is 20.5. The molecule has 1 unspecified atom stereocenters. The van der Waals surface area contributed by atoms with Gasteiger partial charge in [-0.1, -0.05) is 164 Å². The Balaban J connectivity index is 0.925. The highest BCUT2D eigenvalue weighted by atomic mass is 16.3. The molecule has 0 saturated carbocycles. The predicted octanol–water partition coefficient (Wildman–Crippen LogP) is 17.7. The van der Waals surface area contributed by atoms with Crippen LogP contribution in [-0.4, -0.2) is 25.4 Å². The molecular weight excluding hydrogens is 953 g/mol. The van der Waals surface area contributed by atoms with Crippen LogP contribution in [0.1, 0.15) is 22.9 Å². The van der Waals surface area contributed by atoms with Crippen LogP contribution in [0.5, 0.6) is 0 Å². The highest BCUT2D eigenvalue weighted by molar-refractivity contribution is 6.27. The van der Waals surface area contributed by atoms with Gasteiger partial charge in [0.25, 0.3) is 0 Å². The van der Waals surface area contributed by atoms with Gasteiger partial charge >= 0.3 is 0 Å². The van der Waals surface area contributed by atoms with E-state index in [9.17, 15) is 0 Å². The first-order valence-corrected chi connectivity index (χ1v) is 26.6. The average molecular weight is 997 g/mol. The monoisotopic (exact) mass is 996 g/mol. The van der Waals surface area contributed by atoms with Gasteiger partial charge in [0.1, 0.15) is 17.0 Å². The van der Waals surface area contributed by atoms with Crippen molar-refractivity contribution in [1.29, 1.82) is 0 Å². The zero-order valence-electron chi connectivity index (χ0n) is 42.0. The second-order valence-corrected chi connectivity index (χ2v) is 20.5. The largest absolute Gasteiger partial charge is 0.456 e. The minimum atomic E-state index is -0.610. The molecule has 7 nitrogen and oxygen atoms in total. The van der Waals surface area contributed by atoms with Crippen LogP contribution in [-0.2, 0) is 0 Å². The molecule has 0 radical (unpaired) electrons. The fourth-order valence-electron chi connectivity index (χ4n) is 12.9. The molecule has 7 heteroatoms. The Bertz CT molecular complexity index is 5250. The van der Waals surface area contributed by atoms with Gasteiger partial charge in [0.05, 0.1) is 33.1 Å². The maximum atomic E-state index is 7.14. The van der Waals surface area contributed by atoms with Crippen LogP contribution in [0.25, 0.3) is 126 Å². The molecule has 1 aliphatic rings. The first kappa shape index (κ1) is 42.8. The third-order valence-corrected chi connectivity index (χ3v) is 16.2. The summed E-state index contributed by atoms with van der Waals surface area (Å²) in [5, 5.41) is 17.6. The molecular formula is C71H44N6O. The van der Waals surface area contributed by atoms with Crippen LogP contribution in [0.2, 0.25) is 0 Å². The molecule has 1 aliphatic heterocycles. The Morgan fingerprint density at radius 1 is 0.346 bits per heavy atom. The van der Waals surface area contributed by atoms with Gasteiger partial charge in [-0.15, -0.1) is 0 Å². The van der Waals surface area contributed by atoms with Crippen LogP contribution in [0.15, 0.2) is 269 Å². The average Bonchev–Trinajstić information content (AvgIpc) is 4.31. The Hall–Kier alpha value is -10.5. The summed E-state index contributed by atoms with van der Waals surface area (Å²) in [7, 11) is 0. The number of aromatic nitrogens is 3. The highest BCUT2D eigenvalue weighted by Gasteiger charge is 2.30. The van der Waals surface area contributed by atoms with Crippen LogP contribution in [0.4, 0.5) is 0 Å². The number of hydrogen-bond donors (Lipinski definition) is 1. The third kappa shape index (κ3) is 6.21. The van der Waals surface area contributed by atoms with E-state index in [0.29, 0.717) is 5.84 Å². The quantitative estimate of drug-likeness (QED) is 0.180. The molecule has 4 aromatic heterocycles. The maximum absolute atomic E-state index is 7.14. The number of benzene rings is 12. The predicted molar refractivity (Wildman–Crippen MR) is 324 cm³/mol. The molecule has 0 fully saturated rings. The van der Waals surface area contributed by atoms with Crippen molar-refractivity contribution in [3.8, 4) is 17.1 Å². The van der Waals surface area contributed by atoms with E-state index in [4.69, 9.17) is 14.4 Å². The summed E-state index contributed by atoms with van der Waals surface area (Å²) in [6.07, 6.45) is -0.610. The molecule has 1 N–H and O–H groups in total. The number of nitrogens with one attached hydrogen (secondary N) is 1. The number of furan rings is 1. The molecule has 5 heterocycles. The van der Waals surface area contributed by atoms with Gasteiger partial charge in [0, 0.05) is 76.8 Å². The maximum Gasteiger partial charge on any atom is 0.160 e. The van der Waals surface area contributed by atoms with E-state index >= 15 is 0 Å². The van der Waals surface area contributed by atoms with Gasteiger partial charge < -0.3 is 23.4 Å². The Kier molecular flexibility index (Phi) is 9.06. The standard InChI is InChI=1S/C71H44N6O/c1-3-21-46(22-4-1)75-59-32-14-10-26-50(59)65-53(29-17-34-61(65)75)69-72-70(54-30-18-35-62-66(54)51-27-11-15-33-60(51)76(62)47-23-5-2-6-24-47)74-71(73-69)57-40-45-37-38-48(42-55(45)67-52-28-12-16-36-64(52)78-68(57)67)77-58-31-13-9-25-49(58)56-39-43-19-7-8-20-44(43)41-63(56)77/h1-42,71H,(H,72,73,74). The normalized spacial score (nSPS) is 14.0. The van der Waals surface area contributed by atoms with Crippen LogP contribution in [0, 0.1) is 0 Å². The Morgan fingerprint density at radius 2 is 0.885 bits per heavy atom. The summed E-state index contributed by atoms with van der Waals surface area (Å²) in [5.74, 6) is 1.37. The van der Waals surface area contributed by atoms with Gasteiger partial charge in [-0.05, 0) is 113 Å². The lowest BCUT2D eigenvalue weighted by molar-refractivity contribution is 0.629. The van der Waals surface area contributed by atoms with Gasteiger partial charge in [0.2, 0.25) is 0 Å². The molecule has 12 aromatic carbocycles. The minimum absolute atomic E-state index is 0.610. The Labute approximate surface area is 446 Å². The van der Waals surface area contributed by atoms with Gasteiger partial charge in [0.15, 0.2) is 12.0 Å². The fraction of sp³-hybridized carbons (Fsp3) is 0.0141. The number of hydrogen-bond acceptors (Lipinski definition) is 4. The van der Waals surface area contributed by atoms with Crippen molar-refractivity contribution in [2.24, 2.45) is 9.98 Å². The molecule has 16 aromatic rings. The van der Waals surface area contributed by atoms with Crippen molar-refractivity contribution in [3.63, 3.8) is 0 Å². The molecule has 0 bridgehead atoms. The molecule has 17 rings (SSSR count). The van der Waals surface area contributed by atoms with Crippen molar-refractivity contribution in [2.45, 2.75) is 6.17 Å². The van der Waals surface area contributed by atoms with Crippen molar-refractivity contribution in [3.05, 3.63) is 271 Å². The van der Waals surface area contributed by atoms with Crippen molar-refractivity contribution < 1.29 is 4.42 Å². The number of para-hydroxylation sites is 6. The van der Waals surface area contributed by atoms with E-state index in [2.05, 4.69) is 274 Å². The lowest BCUT2D eigenvalue weighted by Gasteiger charge is -2.25. The number of nitrogens with zero attached hydrogens (tertiary/aromatic N) is 5. The summed E-state index contributed by atoms with van der Waals surface area (Å²) in [6.45, 7) is 0. The molecule has 0 spiro atoms. The first-order valence-electron chi connectivity index (χ1n) is 26.6. The van der Waals surface area contributed by atoms with Crippen LogP contribution < -0.4 is 5.32 Å². The third-order valence-electron chi connectivity index (χ3n) is 16.2. The minimum Gasteiger partial charge on any atom is -0.456 e. The first-order chi connectivity index (χ1) is 38.7. The number of aliphatic imine (C=N–C) groups is 2. The summed E-state index contributed by atoms with van der Waals surface area (Å²) >= 11 is 0. The lowest BCUT2D eigenvalue weighted by Crippen LogP contribution is -2.33. The second kappa shape index (κ2) is 16.5. The Morgan fingerprint density at radius 3 is 1.58 bits per heavy atom. The zero-order valence-corrected chi connectivity index (χ0v) is 42.0. The summed E-state index contributed by atoms with van der Waals surface area (Å²) < 4.78 is 14.3. The van der Waals surface area contributed by atoms with E-state index in [0.717, 1.165) is 121 Å². The van der Waals surface area contributed by atoms with E-state index in [1.54, 1.807) is 0 Å². The molecule has 1 atom stereocenters.